The second-order valence-corrected chi connectivity index (χ2v) is 6.59. The van der Waals surface area contributed by atoms with Crippen LogP contribution in [0, 0.1) is 20.8 Å². The summed E-state index contributed by atoms with van der Waals surface area (Å²) in [7, 11) is 1.61. The summed E-state index contributed by atoms with van der Waals surface area (Å²) in [5, 5.41) is 18.1. The quantitative estimate of drug-likeness (QED) is 0.738. The number of nitrogens with zero attached hydrogens (tertiary/aromatic N) is 2. The van der Waals surface area contributed by atoms with E-state index in [4.69, 9.17) is 9.84 Å². The molecule has 2 heterocycles. The molecule has 2 N–H and O–H groups in total. The van der Waals surface area contributed by atoms with Crippen molar-refractivity contribution >= 4 is 5.69 Å². The molecule has 1 aliphatic rings. The number of rotatable bonds is 2. The zero-order valence-corrected chi connectivity index (χ0v) is 14.8. The van der Waals surface area contributed by atoms with Gasteiger partial charge in [0.05, 0.1) is 18.5 Å². The van der Waals surface area contributed by atoms with E-state index < -0.39 is 0 Å². The number of nitrogens with one attached hydrogen (secondary N) is 1. The van der Waals surface area contributed by atoms with Crippen LogP contribution in [0.4, 0.5) is 5.69 Å². The lowest BCUT2D eigenvalue weighted by Crippen LogP contribution is -2.26. The van der Waals surface area contributed by atoms with Gasteiger partial charge < -0.3 is 15.2 Å². The summed E-state index contributed by atoms with van der Waals surface area (Å²) in [6.07, 6.45) is -0.201. The van der Waals surface area contributed by atoms with Crippen molar-refractivity contribution in [2.45, 2.75) is 26.9 Å². The third kappa shape index (κ3) is 2.43. The first-order valence-corrected chi connectivity index (χ1v) is 8.29. The first-order chi connectivity index (χ1) is 12.0. The highest BCUT2D eigenvalue weighted by molar-refractivity contribution is 5.82. The Bertz CT molecular complexity index is 975. The van der Waals surface area contributed by atoms with Crippen LogP contribution < -0.4 is 10.1 Å². The van der Waals surface area contributed by atoms with Gasteiger partial charge in [-0.25, -0.2) is 4.68 Å². The first-order valence-electron chi connectivity index (χ1n) is 8.29. The van der Waals surface area contributed by atoms with Gasteiger partial charge in [0.25, 0.3) is 0 Å². The lowest BCUT2D eigenvalue weighted by Gasteiger charge is -2.31. The summed E-state index contributed by atoms with van der Waals surface area (Å²) >= 11 is 0. The first kappa shape index (κ1) is 15.6. The highest BCUT2D eigenvalue weighted by atomic mass is 16.5. The Balaban J connectivity index is 1.95. The highest BCUT2D eigenvalue weighted by Gasteiger charge is 2.29. The molecule has 0 spiro atoms. The van der Waals surface area contributed by atoms with Crippen LogP contribution in [0.1, 0.15) is 28.6 Å². The lowest BCUT2D eigenvalue weighted by molar-refractivity contribution is 0.395. The topological polar surface area (TPSA) is 59.3 Å². The highest BCUT2D eigenvalue weighted by Crippen LogP contribution is 2.43. The molecule has 0 aliphatic carbocycles. The van der Waals surface area contributed by atoms with Crippen molar-refractivity contribution in [1.29, 1.82) is 0 Å². The van der Waals surface area contributed by atoms with E-state index in [2.05, 4.69) is 37.4 Å². The number of aryl methyl sites for hydroxylation is 3. The zero-order valence-electron chi connectivity index (χ0n) is 14.8. The number of aromatic hydroxyl groups is 1. The minimum Gasteiger partial charge on any atom is -0.508 e. The number of hydrogen-bond acceptors (Lipinski definition) is 4. The molecule has 2 aromatic carbocycles. The van der Waals surface area contributed by atoms with E-state index in [1.54, 1.807) is 19.2 Å². The standard InChI is InChI=1S/C20H21N3O2/c1-11-7-12(2)19-16(8-11)17-9-13(3)22-23(17)20(21-19)15-6-5-14(24)10-18(15)25-4/h5-10,20-21,24H,1-4H3/t20-/m1/s1. The average Bonchev–Trinajstić information content (AvgIpc) is 2.96. The van der Waals surface area contributed by atoms with E-state index in [1.165, 1.54) is 11.1 Å². The molecular formula is C20H21N3O2. The van der Waals surface area contributed by atoms with Gasteiger partial charge in [0, 0.05) is 22.9 Å². The van der Waals surface area contributed by atoms with Crippen LogP contribution in [-0.2, 0) is 0 Å². The molecule has 128 valence electrons. The van der Waals surface area contributed by atoms with Crippen LogP contribution in [0.2, 0.25) is 0 Å². The summed E-state index contributed by atoms with van der Waals surface area (Å²) < 4.78 is 7.49. The van der Waals surface area contributed by atoms with Gasteiger partial charge in [-0.05, 0) is 50.6 Å². The van der Waals surface area contributed by atoms with Gasteiger partial charge in [0.15, 0.2) is 6.17 Å². The molecule has 1 atom stereocenters. The van der Waals surface area contributed by atoms with Crippen LogP contribution in [0.25, 0.3) is 11.3 Å². The van der Waals surface area contributed by atoms with Crippen molar-refractivity contribution in [3.8, 4) is 22.8 Å². The number of fused-ring (bicyclic) bond motifs is 3. The van der Waals surface area contributed by atoms with Gasteiger partial charge in [0.2, 0.25) is 0 Å². The predicted octanol–water partition coefficient (Wildman–Crippen LogP) is 4.16. The van der Waals surface area contributed by atoms with Crippen LogP contribution >= 0.6 is 0 Å². The fraction of sp³-hybridized carbons (Fsp3) is 0.250. The predicted molar refractivity (Wildman–Crippen MR) is 98.3 cm³/mol. The second kappa shape index (κ2) is 5.55. The molecule has 4 rings (SSSR count). The number of aromatic nitrogens is 2. The fourth-order valence-corrected chi connectivity index (χ4v) is 3.61. The molecule has 0 saturated heterocycles. The maximum atomic E-state index is 9.78. The number of methoxy groups -OCH3 is 1. The van der Waals surface area contributed by atoms with Gasteiger partial charge >= 0.3 is 0 Å². The molecule has 0 unspecified atom stereocenters. The zero-order chi connectivity index (χ0) is 17.7. The Labute approximate surface area is 146 Å². The van der Waals surface area contributed by atoms with E-state index in [0.717, 1.165) is 28.2 Å². The molecule has 5 nitrogen and oxygen atoms in total. The van der Waals surface area contributed by atoms with Crippen molar-refractivity contribution in [1.82, 2.24) is 9.78 Å². The number of ether oxygens (including phenoxy) is 1. The third-order valence-electron chi connectivity index (χ3n) is 4.65. The summed E-state index contributed by atoms with van der Waals surface area (Å²) in [5.74, 6) is 0.810. The van der Waals surface area contributed by atoms with Crippen molar-refractivity contribution in [2.24, 2.45) is 0 Å². The minimum atomic E-state index is -0.201. The third-order valence-corrected chi connectivity index (χ3v) is 4.65. The van der Waals surface area contributed by atoms with Crippen LogP contribution in [-0.4, -0.2) is 22.0 Å². The van der Waals surface area contributed by atoms with E-state index in [-0.39, 0.29) is 11.9 Å². The maximum Gasteiger partial charge on any atom is 0.150 e. The maximum absolute atomic E-state index is 9.78. The molecule has 5 heteroatoms. The number of phenols is 1. The molecular weight excluding hydrogens is 314 g/mol. The Morgan fingerprint density at radius 3 is 2.68 bits per heavy atom. The molecule has 1 aromatic heterocycles. The summed E-state index contributed by atoms with van der Waals surface area (Å²) in [6, 6.07) is 11.7. The van der Waals surface area contributed by atoms with Crippen LogP contribution in [0.5, 0.6) is 11.5 Å². The summed E-state index contributed by atoms with van der Waals surface area (Å²) in [5.41, 5.74) is 7.66. The second-order valence-electron chi connectivity index (χ2n) is 6.59. The van der Waals surface area contributed by atoms with Gasteiger partial charge in [-0.3, -0.25) is 0 Å². The Kier molecular flexibility index (Phi) is 3.46. The average molecular weight is 335 g/mol. The van der Waals surface area contributed by atoms with Gasteiger partial charge in [-0.2, -0.15) is 5.10 Å². The van der Waals surface area contributed by atoms with Crippen LogP contribution in [0.15, 0.2) is 36.4 Å². The van der Waals surface area contributed by atoms with Crippen molar-refractivity contribution in [3.05, 3.63) is 58.8 Å². The molecule has 1 aliphatic heterocycles. The van der Waals surface area contributed by atoms with E-state index in [1.807, 2.05) is 17.7 Å². The summed E-state index contributed by atoms with van der Waals surface area (Å²) in [4.78, 5) is 0. The van der Waals surface area contributed by atoms with Gasteiger partial charge in [-0.1, -0.05) is 11.6 Å². The molecule has 25 heavy (non-hydrogen) atoms. The molecule has 0 radical (unpaired) electrons. The Hall–Kier alpha value is -2.95. The number of hydrogen-bond donors (Lipinski definition) is 2. The fourth-order valence-electron chi connectivity index (χ4n) is 3.61. The SMILES string of the molecule is COc1cc(O)ccc1[C@@H]1Nc2c(C)cc(C)cc2-c2cc(C)nn21. The minimum absolute atomic E-state index is 0.181. The molecule has 0 amide bonds. The molecule has 0 fully saturated rings. The monoisotopic (exact) mass is 335 g/mol. The van der Waals surface area contributed by atoms with Gasteiger partial charge in [-0.15, -0.1) is 0 Å². The smallest absolute Gasteiger partial charge is 0.150 e. The molecule has 3 aromatic rings. The van der Waals surface area contributed by atoms with Gasteiger partial charge in [0.1, 0.15) is 11.5 Å². The van der Waals surface area contributed by atoms with Crippen molar-refractivity contribution < 1.29 is 9.84 Å². The van der Waals surface area contributed by atoms with E-state index in [0.29, 0.717) is 5.75 Å². The lowest BCUT2D eigenvalue weighted by atomic mass is 9.98. The number of phenolic OH excluding ortho intramolecular Hbond substituents is 1. The largest absolute Gasteiger partial charge is 0.508 e. The normalized spacial score (nSPS) is 15.3. The summed E-state index contributed by atoms with van der Waals surface area (Å²) in [6.45, 7) is 6.22. The Morgan fingerprint density at radius 1 is 1.12 bits per heavy atom. The number of anilines is 1. The van der Waals surface area contributed by atoms with E-state index in [9.17, 15) is 5.11 Å². The van der Waals surface area contributed by atoms with Crippen molar-refractivity contribution in [2.75, 3.05) is 12.4 Å². The number of benzene rings is 2. The van der Waals surface area contributed by atoms with Crippen LogP contribution in [0.3, 0.4) is 0 Å². The van der Waals surface area contributed by atoms with Crippen molar-refractivity contribution in [3.63, 3.8) is 0 Å². The molecule has 0 saturated carbocycles. The van der Waals surface area contributed by atoms with E-state index >= 15 is 0 Å². The molecule has 0 bridgehead atoms. The Morgan fingerprint density at radius 2 is 1.92 bits per heavy atom.